The van der Waals surface area contributed by atoms with Gasteiger partial charge in [-0.3, -0.25) is 0 Å². The molecule has 0 N–H and O–H groups in total. The van der Waals surface area contributed by atoms with Crippen LogP contribution in [0.25, 0.3) is 6.08 Å². The van der Waals surface area contributed by atoms with Crippen LogP contribution in [0.3, 0.4) is 0 Å². The summed E-state index contributed by atoms with van der Waals surface area (Å²) in [6, 6.07) is 8.34. The summed E-state index contributed by atoms with van der Waals surface area (Å²) >= 11 is 0. The first-order chi connectivity index (χ1) is 6.93. The van der Waals surface area contributed by atoms with Crippen molar-refractivity contribution in [3.63, 3.8) is 0 Å². The number of epoxide rings is 1. The molecule has 1 aliphatic heterocycles. The highest BCUT2D eigenvalue weighted by atomic mass is 16.6. The fraction of sp³-hybridized carbons (Fsp3) is 0.333. The molecule has 3 rings (SSSR count). The van der Waals surface area contributed by atoms with E-state index in [1.807, 2.05) is 0 Å². The Labute approximate surface area is 83.1 Å². The summed E-state index contributed by atoms with van der Waals surface area (Å²) in [6.45, 7) is 1.57. The highest BCUT2D eigenvalue weighted by Gasteiger charge is 2.25. The monoisotopic (exact) mass is 188 g/mol. The van der Waals surface area contributed by atoms with Crippen LogP contribution in [0.15, 0.2) is 30.3 Å². The van der Waals surface area contributed by atoms with Crippen LogP contribution < -0.4 is 0 Å². The predicted octanol–water partition coefficient (Wildman–Crippen LogP) is 2.17. The SMILES string of the molecule is C1=CC(OCC2CO2)c2ccccc21. The first-order valence-corrected chi connectivity index (χ1v) is 4.94. The third-order valence-corrected chi connectivity index (χ3v) is 2.62. The van der Waals surface area contributed by atoms with E-state index in [9.17, 15) is 0 Å². The lowest BCUT2D eigenvalue weighted by molar-refractivity contribution is 0.0738. The Morgan fingerprint density at radius 2 is 2.21 bits per heavy atom. The number of hydrogen-bond donors (Lipinski definition) is 0. The minimum absolute atomic E-state index is 0.135. The first kappa shape index (κ1) is 8.21. The molecule has 0 amide bonds. The molecule has 0 aromatic heterocycles. The Morgan fingerprint density at radius 3 is 3.07 bits per heavy atom. The second-order valence-electron chi connectivity index (χ2n) is 3.70. The van der Waals surface area contributed by atoms with Crippen LogP contribution in [0.2, 0.25) is 0 Å². The van der Waals surface area contributed by atoms with Gasteiger partial charge < -0.3 is 9.47 Å². The van der Waals surface area contributed by atoms with Gasteiger partial charge in [0.25, 0.3) is 0 Å². The Hall–Kier alpha value is -1.12. The van der Waals surface area contributed by atoms with E-state index < -0.39 is 0 Å². The molecular weight excluding hydrogens is 176 g/mol. The van der Waals surface area contributed by atoms with Crippen LogP contribution in [0.4, 0.5) is 0 Å². The van der Waals surface area contributed by atoms with Crippen molar-refractivity contribution in [2.45, 2.75) is 12.2 Å². The van der Waals surface area contributed by atoms with Crippen LogP contribution in [0.1, 0.15) is 17.2 Å². The maximum atomic E-state index is 5.74. The molecule has 1 aromatic carbocycles. The Balaban J connectivity index is 1.73. The molecule has 0 bridgehead atoms. The number of benzene rings is 1. The van der Waals surface area contributed by atoms with E-state index in [0.29, 0.717) is 12.7 Å². The maximum absolute atomic E-state index is 5.74. The van der Waals surface area contributed by atoms with Gasteiger partial charge in [-0.25, -0.2) is 0 Å². The van der Waals surface area contributed by atoms with Crippen molar-refractivity contribution in [1.82, 2.24) is 0 Å². The lowest BCUT2D eigenvalue weighted by Crippen LogP contribution is -2.05. The highest BCUT2D eigenvalue weighted by Crippen LogP contribution is 2.31. The summed E-state index contributed by atoms with van der Waals surface area (Å²) in [7, 11) is 0. The lowest BCUT2D eigenvalue weighted by atomic mass is 10.1. The summed E-state index contributed by atoms with van der Waals surface area (Å²) in [5, 5.41) is 0. The molecular formula is C12H12O2. The zero-order valence-electron chi connectivity index (χ0n) is 7.85. The lowest BCUT2D eigenvalue weighted by Gasteiger charge is -2.10. The summed E-state index contributed by atoms with van der Waals surface area (Å²) in [5.74, 6) is 0. The standard InChI is InChI=1S/C12H12O2/c1-2-4-11-9(3-1)5-6-12(11)14-8-10-7-13-10/h1-6,10,12H,7-8H2. The third-order valence-electron chi connectivity index (χ3n) is 2.62. The summed E-state index contributed by atoms with van der Waals surface area (Å²) in [6.07, 6.45) is 4.70. The van der Waals surface area contributed by atoms with Crippen molar-refractivity contribution in [1.29, 1.82) is 0 Å². The topological polar surface area (TPSA) is 21.8 Å². The fourth-order valence-corrected chi connectivity index (χ4v) is 1.74. The molecule has 0 radical (unpaired) electrons. The second kappa shape index (κ2) is 3.23. The number of ether oxygens (including phenoxy) is 2. The van der Waals surface area contributed by atoms with E-state index in [-0.39, 0.29) is 6.10 Å². The molecule has 1 saturated heterocycles. The van der Waals surface area contributed by atoms with Gasteiger partial charge in [-0.1, -0.05) is 36.4 Å². The van der Waals surface area contributed by atoms with Gasteiger partial charge in [-0.2, -0.15) is 0 Å². The van der Waals surface area contributed by atoms with E-state index in [4.69, 9.17) is 9.47 Å². The Kier molecular flexibility index (Phi) is 1.89. The normalized spacial score (nSPS) is 27.7. The molecule has 0 saturated carbocycles. The number of hydrogen-bond acceptors (Lipinski definition) is 2. The van der Waals surface area contributed by atoms with Gasteiger partial charge in [0.05, 0.1) is 13.2 Å². The minimum Gasteiger partial charge on any atom is -0.371 e. The summed E-state index contributed by atoms with van der Waals surface area (Å²) in [5.41, 5.74) is 2.54. The average Bonchev–Trinajstić information content (AvgIpc) is 2.96. The van der Waals surface area contributed by atoms with Crippen molar-refractivity contribution in [2.75, 3.05) is 13.2 Å². The van der Waals surface area contributed by atoms with Crippen LogP contribution in [0, 0.1) is 0 Å². The highest BCUT2D eigenvalue weighted by molar-refractivity contribution is 5.61. The zero-order valence-corrected chi connectivity index (χ0v) is 7.85. The molecule has 14 heavy (non-hydrogen) atoms. The largest absolute Gasteiger partial charge is 0.371 e. The van der Waals surface area contributed by atoms with E-state index in [1.54, 1.807) is 0 Å². The molecule has 0 spiro atoms. The summed E-state index contributed by atoms with van der Waals surface area (Å²) in [4.78, 5) is 0. The third kappa shape index (κ3) is 1.47. The van der Waals surface area contributed by atoms with Crippen LogP contribution in [-0.2, 0) is 9.47 Å². The van der Waals surface area contributed by atoms with E-state index in [1.165, 1.54) is 11.1 Å². The Morgan fingerprint density at radius 1 is 1.36 bits per heavy atom. The molecule has 1 heterocycles. The molecule has 72 valence electrons. The van der Waals surface area contributed by atoms with E-state index >= 15 is 0 Å². The zero-order chi connectivity index (χ0) is 9.38. The van der Waals surface area contributed by atoms with Crippen molar-refractivity contribution < 1.29 is 9.47 Å². The molecule has 2 nitrogen and oxygen atoms in total. The Bertz CT molecular complexity index is 366. The van der Waals surface area contributed by atoms with Crippen LogP contribution in [0.5, 0.6) is 0 Å². The van der Waals surface area contributed by atoms with Gasteiger partial charge in [0.15, 0.2) is 0 Å². The molecule has 2 atom stereocenters. The van der Waals surface area contributed by atoms with Crippen molar-refractivity contribution >= 4 is 6.08 Å². The molecule has 2 aliphatic rings. The van der Waals surface area contributed by atoms with Crippen molar-refractivity contribution in [2.24, 2.45) is 0 Å². The first-order valence-electron chi connectivity index (χ1n) is 4.94. The smallest absolute Gasteiger partial charge is 0.104 e. The summed E-state index contributed by atoms with van der Waals surface area (Å²) < 4.78 is 10.8. The van der Waals surface area contributed by atoms with Crippen molar-refractivity contribution in [3.8, 4) is 0 Å². The molecule has 2 unspecified atom stereocenters. The van der Waals surface area contributed by atoms with Crippen LogP contribution >= 0.6 is 0 Å². The van der Waals surface area contributed by atoms with Gasteiger partial charge in [0.2, 0.25) is 0 Å². The van der Waals surface area contributed by atoms with Crippen molar-refractivity contribution in [3.05, 3.63) is 41.5 Å². The van der Waals surface area contributed by atoms with Crippen LogP contribution in [-0.4, -0.2) is 19.3 Å². The van der Waals surface area contributed by atoms with E-state index in [0.717, 1.165) is 6.61 Å². The van der Waals surface area contributed by atoms with Gasteiger partial charge in [-0.05, 0) is 11.1 Å². The second-order valence-corrected chi connectivity index (χ2v) is 3.70. The van der Waals surface area contributed by atoms with E-state index in [2.05, 4.69) is 36.4 Å². The van der Waals surface area contributed by atoms with Gasteiger partial charge >= 0.3 is 0 Å². The fourth-order valence-electron chi connectivity index (χ4n) is 1.74. The number of fused-ring (bicyclic) bond motifs is 1. The number of rotatable bonds is 3. The van der Waals surface area contributed by atoms with Gasteiger partial charge in [-0.15, -0.1) is 0 Å². The maximum Gasteiger partial charge on any atom is 0.104 e. The molecule has 1 fully saturated rings. The molecule has 1 aromatic rings. The quantitative estimate of drug-likeness (QED) is 0.678. The molecule has 1 aliphatic carbocycles. The van der Waals surface area contributed by atoms with Gasteiger partial charge in [0, 0.05) is 0 Å². The molecule has 2 heteroatoms. The average molecular weight is 188 g/mol. The van der Waals surface area contributed by atoms with Gasteiger partial charge in [0.1, 0.15) is 12.2 Å². The minimum atomic E-state index is 0.135. The predicted molar refractivity (Wildman–Crippen MR) is 53.9 cm³/mol.